The Morgan fingerprint density at radius 1 is 0.897 bits per heavy atom. The van der Waals surface area contributed by atoms with Crippen molar-refractivity contribution in [3.05, 3.63) is 66.2 Å². The molecule has 2 heterocycles. The first-order chi connectivity index (χ1) is 14.3. The zero-order valence-corrected chi connectivity index (χ0v) is 17.0. The molecule has 154 valence electrons. The van der Waals surface area contributed by atoms with Gasteiger partial charge in [0.1, 0.15) is 12.4 Å². The summed E-state index contributed by atoms with van der Waals surface area (Å²) in [6, 6.07) is 20.2. The first kappa shape index (κ1) is 19.9. The van der Waals surface area contributed by atoms with Gasteiger partial charge in [-0.25, -0.2) is 0 Å². The van der Waals surface area contributed by atoms with Crippen molar-refractivity contribution in [2.45, 2.75) is 18.3 Å². The lowest BCUT2D eigenvalue weighted by atomic mass is 9.73. The lowest BCUT2D eigenvalue weighted by molar-refractivity contribution is -0.143. The van der Waals surface area contributed by atoms with Gasteiger partial charge in [0, 0.05) is 45.9 Å². The maximum absolute atomic E-state index is 13.6. The van der Waals surface area contributed by atoms with E-state index in [9.17, 15) is 4.79 Å². The van der Waals surface area contributed by atoms with Crippen molar-refractivity contribution in [1.29, 1.82) is 0 Å². The lowest BCUT2D eigenvalue weighted by Crippen LogP contribution is -2.56. The molecule has 2 aromatic rings. The van der Waals surface area contributed by atoms with E-state index in [-0.39, 0.29) is 5.91 Å². The first-order valence-electron chi connectivity index (χ1n) is 10.6. The number of amides is 1. The zero-order chi connectivity index (χ0) is 19.9. The smallest absolute Gasteiger partial charge is 0.233 e. The fourth-order valence-electron chi connectivity index (χ4n) is 4.39. The molecule has 0 radical (unpaired) electrons. The van der Waals surface area contributed by atoms with Gasteiger partial charge in [0.25, 0.3) is 0 Å². The Labute approximate surface area is 173 Å². The summed E-state index contributed by atoms with van der Waals surface area (Å²) in [5.74, 6) is 1.18. The van der Waals surface area contributed by atoms with Crippen LogP contribution in [0.15, 0.2) is 60.7 Å². The largest absolute Gasteiger partial charge is 0.492 e. The molecular weight excluding hydrogens is 364 g/mol. The van der Waals surface area contributed by atoms with Crippen LogP contribution in [0.4, 0.5) is 0 Å². The average molecular weight is 395 g/mol. The van der Waals surface area contributed by atoms with Crippen LogP contribution in [0, 0.1) is 0 Å². The summed E-state index contributed by atoms with van der Waals surface area (Å²) in [6.45, 7) is 6.20. The number of hydrogen-bond acceptors (Lipinski definition) is 4. The van der Waals surface area contributed by atoms with Crippen LogP contribution in [0.25, 0.3) is 0 Å². The lowest BCUT2D eigenvalue weighted by Gasteiger charge is -2.43. The number of hydrogen-bond donors (Lipinski definition) is 0. The molecule has 2 aliphatic rings. The van der Waals surface area contributed by atoms with Gasteiger partial charge in [0.15, 0.2) is 0 Å². The summed E-state index contributed by atoms with van der Waals surface area (Å²) in [5.41, 5.74) is 0.699. The maximum Gasteiger partial charge on any atom is 0.233 e. The first-order valence-corrected chi connectivity index (χ1v) is 10.6. The maximum atomic E-state index is 13.6. The van der Waals surface area contributed by atoms with E-state index < -0.39 is 5.41 Å². The van der Waals surface area contributed by atoms with E-state index in [2.05, 4.69) is 21.9 Å². The third-order valence-electron chi connectivity index (χ3n) is 6.16. The molecule has 0 N–H and O–H groups in total. The van der Waals surface area contributed by atoms with Gasteiger partial charge < -0.3 is 14.4 Å². The van der Waals surface area contributed by atoms with E-state index >= 15 is 0 Å². The number of carbonyl (C=O) groups is 1. The molecule has 0 saturated carbocycles. The van der Waals surface area contributed by atoms with Crippen LogP contribution in [0.1, 0.15) is 18.4 Å². The van der Waals surface area contributed by atoms with E-state index in [1.165, 1.54) is 0 Å². The van der Waals surface area contributed by atoms with Crippen molar-refractivity contribution in [2.24, 2.45) is 0 Å². The Morgan fingerprint density at radius 3 is 2.17 bits per heavy atom. The van der Waals surface area contributed by atoms with E-state index in [0.717, 1.165) is 56.9 Å². The van der Waals surface area contributed by atoms with Gasteiger partial charge in [0.2, 0.25) is 5.91 Å². The van der Waals surface area contributed by atoms with Crippen molar-refractivity contribution in [3.63, 3.8) is 0 Å². The second-order valence-corrected chi connectivity index (χ2v) is 7.86. The van der Waals surface area contributed by atoms with Crippen LogP contribution in [0.5, 0.6) is 5.75 Å². The Kier molecular flexibility index (Phi) is 6.47. The number of para-hydroxylation sites is 1. The van der Waals surface area contributed by atoms with Crippen LogP contribution in [0.3, 0.4) is 0 Å². The molecule has 5 heteroatoms. The molecule has 4 rings (SSSR count). The molecule has 1 amide bonds. The summed E-state index contributed by atoms with van der Waals surface area (Å²) >= 11 is 0. The van der Waals surface area contributed by atoms with Crippen LogP contribution in [-0.4, -0.2) is 68.3 Å². The summed E-state index contributed by atoms with van der Waals surface area (Å²) in [6.07, 6.45) is 1.53. The number of carbonyl (C=O) groups excluding carboxylic acids is 1. The second kappa shape index (κ2) is 9.42. The van der Waals surface area contributed by atoms with Crippen molar-refractivity contribution in [1.82, 2.24) is 9.80 Å². The van der Waals surface area contributed by atoms with Crippen molar-refractivity contribution in [3.8, 4) is 5.75 Å². The predicted octanol–water partition coefficient (Wildman–Crippen LogP) is 2.96. The molecule has 0 atom stereocenters. The Bertz CT molecular complexity index is 767. The number of rotatable bonds is 6. The summed E-state index contributed by atoms with van der Waals surface area (Å²) in [4.78, 5) is 18.1. The fourth-order valence-corrected chi connectivity index (χ4v) is 4.39. The SMILES string of the molecule is O=C(N1CCN(CCOc2ccccc2)CC1)C1(c2ccccc2)CCOCC1. The fraction of sp³-hybridized carbons (Fsp3) is 0.458. The molecular formula is C24H30N2O3. The highest BCUT2D eigenvalue weighted by Gasteiger charge is 2.44. The van der Waals surface area contributed by atoms with Crippen molar-refractivity contribution in [2.75, 3.05) is 52.5 Å². The minimum absolute atomic E-state index is 0.271. The molecule has 2 saturated heterocycles. The predicted molar refractivity (Wildman–Crippen MR) is 113 cm³/mol. The van der Waals surface area contributed by atoms with Gasteiger partial charge >= 0.3 is 0 Å². The number of benzene rings is 2. The minimum Gasteiger partial charge on any atom is -0.492 e. The molecule has 0 bridgehead atoms. The normalized spacial score (nSPS) is 19.7. The zero-order valence-electron chi connectivity index (χ0n) is 17.0. The molecule has 0 aliphatic carbocycles. The molecule has 2 aliphatic heterocycles. The van der Waals surface area contributed by atoms with Gasteiger partial charge in [-0.3, -0.25) is 9.69 Å². The summed E-state index contributed by atoms with van der Waals surface area (Å²) in [5, 5.41) is 0. The minimum atomic E-state index is -0.432. The Morgan fingerprint density at radius 2 is 1.52 bits per heavy atom. The van der Waals surface area contributed by atoms with Gasteiger partial charge in [-0.05, 0) is 30.5 Å². The van der Waals surface area contributed by atoms with Gasteiger partial charge in [-0.2, -0.15) is 0 Å². The highest BCUT2D eigenvalue weighted by molar-refractivity contribution is 5.88. The van der Waals surface area contributed by atoms with E-state index in [1.807, 2.05) is 48.5 Å². The summed E-state index contributed by atoms with van der Waals surface area (Å²) < 4.78 is 11.4. The monoisotopic (exact) mass is 394 g/mol. The Hall–Kier alpha value is -2.37. The van der Waals surface area contributed by atoms with Crippen LogP contribution >= 0.6 is 0 Å². The van der Waals surface area contributed by atoms with Gasteiger partial charge in [0.05, 0.1) is 5.41 Å². The molecule has 2 aromatic carbocycles. The Balaban J connectivity index is 1.33. The van der Waals surface area contributed by atoms with Crippen molar-refractivity contribution < 1.29 is 14.3 Å². The van der Waals surface area contributed by atoms with Crippen LogP contribution in [-0.2, 0) is 14.9 Å². The standard InChI is InChI=1S/C24H30N2O3/c27-23(24(11-18-28-19-12-24)21-7-3-1-4-8-21)26-15-13-25(14-16-26)17-20-29-22-9-5-2-6-10-22/h1-10H,11-20H2. The van der Waals surface area contributed by atoms with Gasteiger partial charge in [-0.15, -0.1) is 0 Å². The van der Waals surface area contributed by atoms with E-state index in [0.29, 0.717) is 19.8 Å². The molecule has 5 nitrogen and oxygen atoms in total. The number of ether oxygens (including phenoxy) is 2. The van der Waals surface area contributed by atoms with E-state index in [1.54, 1.807) is 0 Å². The third-order valence-corrected chi connectivity index (χ3v) is 6.16. The third kappa shape index (κ3) is 4.62. The average Bonchev–Trinajstić information content (AvgIpc) is 2.81. The van der Waals surface area contributed by atoms with Crippen molar-refractivity contribution >= 4 is 5.91 Å². The molecule has 29 heavy (non-hydrogen) atoms. The highest BCUT2D eigenvalue weighted by atomic mass is 16.5. The number of nitrogens with zero attached hydrogens (tertiary/aromatic N) is 2. The van der Waals surface area contributed by atoms with Crippen LogP contribution < -0.4 is 4.74 Å². The molecule has 2 fully saturated rings. The van der Waals surface area contributed by atoms with E-state index in [4.69, 9.17) is 9.47 Å². The summed E-state index contributed by atoms with van der Waals surface area (Å²) in [7, 11) is 0. The number of piperazine rings is 1. The molecule has 0 aromatic heterocycles. The topological polar surface area (TPSA) is 42.0 Å². The van der Waals surface area contributed by atoms with Crippen LogP contribution in [0.2, 0.25) is 0 Å². The quantitative estimate of drug-likeness (QED) is 0.756. The highest BCUT2D eigenvalue weighted by Crippen LogP contribution is 2.37. The van der Waals surface area contributed by atoms with Gasteiger partial charge in [-0.1, -0.05) is 48.5 Å². The molecule has 0 unspecified atom stereocenters. The molecule has 0 spiro atoms. The second-order valence-electron chi connectivity index (χ2n) is 7.86.